The summed E-state index contributed by atoms with van der Waals surface area (Å²) in [4.78, 5) is 39.1. The van der Waals surface area contributed by atoms with Gasteiger partial charge in [-0.3, -0.25) is 19.9 Å². The van der Waals surface area contributed by atoms with Crippen LogP contribution in [0.4, 0.5) is 10.7 Å². The summed E-state index contributed by atoms with van der Waals surface area (Å²) in [5, 5.41) is 14.9. The van der Waals surface area contributed by atoms with Gasteiger partial charge in [0.2, 0.25) is 5.95 Å². The van der Waals surface area contributed by atoms with Crippen molar-refractivity contribution < 1.29 is 14.0 Å². The first-order valence-electron chi connectivity index (χ1n) is 11.5. The second-order valence-corrected chi connectivity index (χ2v) is 9.57. The summed E-state index contributed by atoms with van der Waals surface area (Å²) in [6.45, 7) is 3.17. The molecule has 182 valence electrons. The number of nitriles is 1. The molecule has 0 aromatic carbocycles. The molecule has 0 radical (unpaired) electrons. The molecule has 3 aromatic rings. The standard InChI is InChI=1S/C25H23N7O3S/c26-11-19-9-17(14-29-22(19)18-4-8-35-15-18)13-27-12-16-2-6-32(7-3-16)24-28-5-1-20(30-24)10-21-23(33)31-25(34)36-21/h1,4-5,8-10,14-16,27H,2-3,6-7,12-13H2,(H,31,33,34)/b21-10-. The van der Waals surface area contributed by atoms with Gasteiger partial charge in [0, 0.05) is 37.6 Å². The number of aromatic nitrogens is 3. The lowest BCUT2D eigenvalue weighted by atomic mass is 9.97. The fourth-order valence-electron chi connectivity index (χ4n) is 4.23. The topological polar surface area (TPSA) is 137 Å². The van der Waals surface area contributed by atoms with Crippen LogP contribution in [0.2, 0.25) is 0 Å². The van der Waals surface area contributed by atoms with Crippen molar-refractivity contribution in [2.75, 3.05) is 24.5 Å². The summed E-state index contributed by atoms with van der Waals surface area (Å²) in [6, 6.07) is 7.61. The van der Waals surface area contributed by atoms with Crippen molar-refractivity contribution >= 4 is 34.9 Å². The SMILES string of the molecule is N#Cc1cc(CNCC2CCN(c3nccc(/C=C4\SC(=O)NC4=O)n3)CC2)cnc1-c1ccoc1. The van der Waals surface area contributed by atoms with Crippen LogP contribution in [0.25, 0.3) is 17.3 Å². The number of anilines is 1. The Bertz CT molecular complexity index is 1340. The molecule has 2 fully saturated rings. The molecule has 5 rings (SSSR count). The van der Waals surface area contributed by atoms with Crippen LogP contribution in [-0.4, -0.2) is 45.7 Å². The van der Waals surface area contributed by atoms with E-state index < -0.39 is 5.91 Å². The van der Waals surface area contributed by atoms with Crippen LogP contribution in [0, 0.1) is 17.2 Å². The number of carbonyl (C=O) groups excluding carboxylic acids is 2. The lowest BCUT2D eigenvalue weighted by molar-refractivity contribution is -0.115. The number of hydrogen-bond acceptors (Lipinski definition) is 10. The summed E-state index contributed by atoms with van der Waals surface area (Å²) >= 11 is 0.875. The van der Waals surface area contributed by atoms with Gasteiger partial charge in [0.25, 0.3) is 11.1 Å². The van der Waals surface area contributed by atoms with Crippen LogP contribution in [0.1, 0.15) is 29.7 Å². The van der Waals surface area contributed by atoms with E-state index in [4.69, 9.17) is 4.42 Å². The third kappa shape index (κ3) is 5.45. The van der Waals surface area contributed by atoms with Crippen molar-refractivity contribution in [2.24, 2.45) is 5.92 Å². The van der Waals surface area contributed by atoms with Gasteiger partial charge in [-0.05, 0) is 66.9 Å². The summed E-state index contributed by atoms with van der Waals surface area (Å²) < 4.78 is 5.10. The van der Waals surface area contributed by atoms with Crippen molar-refractivity contribution in [3.63, 3.8) is 0 Å². The Morgan fingerprint density at radius 3 is 2.86 bits per heavy atom. The molecule has 2 N–H and O–H groups in total. The Morgan fingerprint density at radius 1 is 1.28 bits per heavy atom. The number of nitrogens with zero attached hydrogens (tertiary/aromatic N) is 5. The number of imide groups is 1. The minimum Gasteiger partial charge on any atom is -0.472 e. The van der Waals surface area contributed by atoms with E-state index in [0.29, 0.717) is 40.3 Å². The van der Waals surface area contributed by atoms with Crippen LogP contribution in [-0.2, 0) is 11.3 Å². The van der Waals surface area contributed by atoms with E-state index >= 15 is 0 Å². The predicted molar refractivity (Wildman–Crippen MR) is 134 cm³/mol. The fraction of sp³-hybridized carbons (Fsp3) is 0.280. The van der Waals surface area contributed by atoms with Crippen LogP contribution >= 0.6 is 11.8 Å². The number of rotatable bonds is 7. The molecule has 0 atom stereocenters. The first-order valence-corrected chi connectivity index (χ1v) is 12.4. The number of piperidine rings is 1. The smallest absolute Gasteiger partial charge is 0.290 e. The first-order chi connectivity index (χ1) is 17.6. The van der Waals surface area contributed by atoms with Crippen LogP contribution < -0.4 is 15.5 Å². The molecule has 0 spiro atoms. The molecule has 2 aliphatic heterocycles. The average molecular weight is 502 g/mol. The molecule has 0 unspecified atom stereocenters. The van der Waals surface area contributed by atoms with Crippen molar-refractivity contribution in [3.8, 4) is 17.3 Å². The van der Waals surface area contributed by atoms with Crippen LogP contribution in [0.15, 0.2) is 52.4 Å². The highest BCUT2D eigenvalue weighted by atomic mass is 32.2. The Kier molecular flexibility index (Phi) is 7.06. The normalized spacial score (nSPS) is 17.4. The number of thioether (sulfide) groups is 1. The molecule has 5 heterocycles. The van der Waals surface area contributed by atoms with Gasteiger partial charge in [-0.1, -0.05) is 0 Å². The number of furan rings is 1. The second-order valence-electron chi connectivity index (χ2n) is 8.56. The quantitative estimate of drug-likeness (QED) is 0.464. The van der Waals surface area contributed by atoms with E-state index in [2.05, 4.69) is 36.6 Å². The molecular formula is C25H23N7O3S. The molecule has 11 heteroatoms. The maximum atomic E-state index is 11.8. The zero-order chi connectivity index (χ0) is 24.9. The molecule has 2 amide bonds. The Labute approximate surface area is 211 Å². The first kappa shape index (κ1) is 23.7. The highest BCUT2D eigenvalue weighted by Gasteiger charge is 2.25. The van der Waals surface area contributed by atoms with Crippen molar-refractivity contribution in [1.82, 2.24) is 25.6 Å². The highest BCUT2D eigenvalue weighted by Crippen LogP contribution is 2.26. The number of amides is 2. The van der Waals surface area contributed by atoms with Gasteiger partial charge in [0.1, 0.15) is 6.07 Å². The third-order valence-electron chi connectivity index (χ3n) is 6.10. The van der Waals surface area contributed by atoms with Crippen molar-refractivity contribution in [3.05, 3.63) is 64.8 Å². The maximum Gasteiger partial charge on any atom is 0.290 e. The Balaban J connectivity index is 1.12. The fourth-order valence-corrected chi connectivity index (χ4v) is 4.89. The zero-order valence-electron chi connectivity index (χ0n) is 19.3. The molecule has 3 aromatic heterocycles. The van der Waals surface area contributed by atoms with E-state index in [1.165, 1.54) is 0 Å². The minimum absolute atomic E-state index is 0.336. The molecule has 0 bridgehead atoms. The van der Waals surface area contributed by atoms with Crippen molar-refractivity contribution in [2.45, 2.75) is 19.4 Å². The van der Waals surface area contributed by atoms with E-state index in [1.54, 1.807) is 43.1 Å². The average Bonchev–Trinajstić information content (AvgIpc) is 3.54. The summed E-state index contributed by atoms with van der Waals surface area (Å²) in [5.74, 6) is 0.745. The largest absolute Gasteiger partial charge is 0.472 e. The molecule has 0 aliphatic carbocycles. The van der Waals surface area contributed by atoms with Gasteiger partial charge in [-0.15, -0.1) is 0 Å². The Hall–Kier alpha value is -4.01. The number of carbonyl (C=O) groups is 2. The van der Waals surface area contributed by atoms with Gasteiger partial charge in [-0.25, -0.2) is 9.97 Å². The number of hydrogen-bond donors (Lipinski definition) is 2. The molecular weight excluding hydrogens is 478 g/mol. The molecule has 2 saturated heterocycles. The predicted octanol–water partition coefficient (Wildman–Crippen LogP) is 3.33. The van der Waals surface area contributed by atoms with E-state index in [-0.39, 0.29) is 5.24 Å². The number of nitrogens with one attached hydrogen (secondary N) is 2. The number of pyridine rings is 1. The van der Waals surface area contributed by atoms with Crippen molar-refractivity contribution in [1.29, 1.82) is 5.26 Å². The van der Waals surface area contributed by atoms with Gasteiger partial charge < -0.3 is 14.6 Å². The summed E-state index contributed by atoms with van der Waals surface area (Å²) in [7, 11) is 0. The lowest BCUT2D eigenvalue weighted by Crippen LogP contribution is -2.38. The lowest BCUT2D eigenvalue weighted by Gasteiger charge is -2.32. The molecule has 0 saturated carbocycles. The summed E-state index contributed by atoms with van der Waals surface area (Å²) in [6.07, 6.45) is 10.2. The minimum atomic E-state index is -0.396. The van der Waals surface area contributed by atoms with E-state index in [1.807, 2.05) is 6.07 Å². The van der Waals surface area contributed by atoms with Gasteiger partial charge in [0.15, 0.2) is 0 Å². The van der Waals surface area contributed by atoms with Gasteiger partial charge in [0.05, 0.1) is 34.4 Å². The monoisotopic (exact) mass is 501 g/mol. The molecule has 2 aliphatic rings. The molecule has 36 heavy (non-hydrogen) atoms. The third-order valence-corrected chi connectivity index (χ3v) is 6.91. The second kappa shape index (κ2) is 10.7. The van der Waals surface area contributed by atoms with Gasteiger partial charge >= 0.3 is 0 Å². The van der Waals surface area contributed by atoms with E-state index in [0.717, 1.165) is 55.4 Å². The molecule has 10 nitrogen and oxygen atoms in total. The zero-order valence-corrected chi connectivity index (χ0v) is 20.1. The Morgan fingerprint density at radius 2 is 2.14 bits per heavy atom. The maximum absolute atomic E-state index is 11.8. The van der Waals surface area contributed by atoms with Crippen LogP contribution in [0.3, 0.4) is 0 Å². The summed E-state index contributed by atoms with van der Waals surface area (Å²) in [5.41, 5.74) is 3.51. The van der Waals surface area contributed by atoms with Crippen LogP contribution in [0.5, 0.6) is 0 Å². The van der Waals surface area contributed by atoms with Gasteiger partial charge in [-0.2, -0.15) is 5.26 Å². The van der Waals surface area contributed by atoms with E-state index in [9.17, 15) is 14.9 Å². The highest BCUT2D eigenvalue weighted by molar-refractivity contribution is 8.18.